The maximum absolute atomic E-state index is 13.3. The van der Waals surface area contributed by atoms with Gasteiger partial charge in [-0.1, -0.05) is 31.0 Å². The molecule has 1 fully saturated rings. The van der Waals surface area contributed by atoms with Crippen molar-refractivity contribution in [3.05, 3.63) is 20.8 Å². The van der Waals surface area contributed by atoms with E-state index >= 15 is 0 Å². The van der Waals surface area contributed by atoms with Crippen LogP contribution >= 0.6 is 23.1 Å². The first-order valence-electron chi connectivity index (χ1n) is 8.36. The molecule has 4 nitrogen and oxygen atoms in total. The molecule has 0 saturated heterocycles. The van der Waals surface area contributed by atoms with Crippen molar-refractivity contribution in [2.24, 2.45) is 0 Å². The summed E-state index contributed by atoms with van der Waals surface area (Å²) in [5.74, 6) is 0.343. The molecule has 0 radical (unpaired) electrons. The van der Waals surface area contributed by atoms with Crippen LogP contribution in [0.5, 0.6) is 0 Å². The van der Waals surface area contributed by atoms with E-state index < -0.39 is 0 Å². The summed E-state index contributed by atoms with van der Waals surface area (Å²) >= 11 is 3.09. The summed E-state index contributed by atoms with van der Waals surface area (Å²) in [6.45, 7) is 0. The highest BCUT2D eigenvalue weighted by molar-refractivity contribution is 7.99. The summed E-state index contributed by atoms with van der Waals surface area (Å²) < 4.78 is 1.93. The zero-order valence-corrected chi connectivity index (χ0v) is 14.6. The maximum atomic E-state index is 13.3. The molecule has 2 aliphatic carbocycles. The highest BCUT2D eigenvalue weighted by atomic mass is 32.2. The largest absolute Gasteiger partial charge is 0.284 e. The summed E-state index contributed by atoms with van der Waals surface area (Å²) in [5, 5.41) is 10.5. The van der Waals surface area contributed by atoms with Gasteiger partial charge in [-0.2, -0.15) is 5.26 Å². The number of hydrogen-bond acceptors (Lipinski definition) is 5. The monoisotopic (exact) mass is 345 g/mol. The number of aromatic nitrogens is 2. The van der Waals surface area contributed by atoms with E-state index in [1.54, 1.807) is 11.3 Å². The van der Waals surface area contributed by atoms with Crippen molar-refractivity contribution in [2.75, 3.05) is 5.75 Å². The van der Waals surface area contributed by atoms with Crippen molar-refractivity contribution in [1.29, 1.82) is 5.26 Å². The molecule has 0 amide bonds. The summed E-state index contributed by atoms with van der Waals surface area (Å²) in [5.41, 5.74) is 1.39. The molecule has 23 heavy (non-hydrogen) atoms. The van der Waals surface area contributed by atoms with E-state index in [-0.39, 0.29) is 11.6 Å². The van der Waals surface area contributed by atoms with Gasteiger partial charge in [-0.3, -0.25) is 9.36 Å². The molecular weight excluding hydrogens is 326 g/mol. The molecule has 0 atom stereocenters. The minimum absolute atomic E-state index is 0.140. The van der Waals surface area contributed by atoms with Crippen molar-refractivity contribution >= 4 is 33.3 Å². The van der Waals surface area contributed by atoms with E-state index in [2.05, 4.69) is 6.07 Å². The third-order valence-corrected chi connectivity index (χ3v) is 6.95. The van der Waals surface area contributed by atoms with Gasteiger partial charge in [0.25, 0.3) is 5.56 Å². The van der Waals surface area contributed by atoms with Gasteiger partial charge < -0.3 is 0 Å². The lowest BCUT2D eigenvalue weighted by Crippen LogP contribution is -2.29. The lowest BCUT2D eigenvalue weighted by molar-refractivity contribution is 0.326. The predicted octanol–water partition coefficient (Wildman–Crippen LogP) is 4.07. The highest BCUT2D eigenvalue weighted by Gasteiger charge is 2.26. The summed E-state index contributed by atoms with van der Waals surface area (Å²) in [4.78, 5) is 20.3. The van der Waals surface area contributed by atoms with Crippen LogP contribution in [0, 0.1) is 11.3 Å². The molecule has 2 aliphatic rings. The Kier molecular flexibility index (Phi) is 4.16. The molecule has 0 aromatic carbocycles. The van der Waals surface area contributed by atoms with E-state index in [4.69, 9.17) is 10.2 Å². The number of rotatable bonds is 3. The van der Waals surface area contributed by atoms with Crippen LogP contribution in [0.15, 0.2) is 9.95 Å². The normalized spacial score (nSPS) is 18.2. The Balaban J connectivity index is 1.91. The van der Waals surface area contributed by atoms with Gasteiger partial charge in [0.05, 0.1) is 17.2 Å². The van der Waals surface area contributed by atoms with E-state index in [0.717, 1.165) is 47.5 Å². The average molecular weight is 345 g/mol. The SMILES string of the molecule is N#CCSc1nc2sc3c(c2c(=O)n1C1CCCCC1)CCC3. The van der Waals surface area contributed by atoms with Crippen molar-refractivity contribution in [2.45, 2.75) is 62.6 Å². The zero-order valence-electron chi connectivity index (χ0n) is 13.0. The number of nitrogens with zero attached hydrogens (tertiary/aromatic N) is 3. The lowest BCUT2D eigenvalue weighted by atomic mass is 9.95. The van der Waals surface area contributed by atoms with Gasteiger partial charge in [0.15, 0.2) is 5.16 Å². The number of aryl methyl sites for hydroxylation is 2. The summed E-state index contributed by atoms with van der Waals surface area (Å²) in [7, 11) is 0. The molecule has 2 heterocycles. The van der Waals surface area contributed by atoms with Crippen LogP contribution in [-0.4, -0.2) is 15.3 Å². The Labute approximate surface area is 143 Å². The van der Waals surface area contributed by atoms with Gasteiger partial charge in [-0.15, -0.1) is 11.3 Å². The van der Waals surface area contributed by atoms with Gasteiger partial charge in [0.2, 0.25) is 0 Å². The molecule has 0 unspecified atom stereocenters. The quantitative estimate of drug-likeness (QED) is 0.621. The fraction of sp³-hybridized carbons (Fsp3) is 0.588. The van der Waals surface area contributed by atoms with Crippen LogP contribution in [0.25, 0.3) is 10.2 Å². The lowest BCUT2D eigenvalue weighted by Gasteiger charge is -2.25. The first-order chi connectivity index (χ1) is 11.3. The van der Waals surface area contributed by atoms with Crippen LogP contribution in [0.4, 0.5) is 0 Å². The molecule has 1 saturated carbocycles. The van der Waals surface area contributed by atoms with Crippen LogP contribution in [0.2, 0.25) is 0 Å². The molecule has 4 rings (SSSR count). The minimum Gasteiger partial charge on any atom is -0.284 e. The Bertz CT molecular complexity index is 840. The third kappa shape index (κ3) is 2.60. The van der Waals surface area contributed by atoms with Gasteiger partial charge in [-0.05, 0) is 37.7 Å². The molecule has 0 N–H and O–H groups in total. The standard InChI is InChI=1S/C17H19N3OS2/c18-9-10-22-17-19-15-14(12-7-4-8-13(12)23-15)16(21)20(17)11-5-2-1-3-6-11/h11H,1-8,10H2. The van der Waals surface area contributed by atoms with E-state index in [1.165, 1.54) is 41.5 Å². The van der Waals surface area contributed by atoms with Gasteiger partial charge in [0.1, 0.15) is 4.83 Å². The topological polar surface area (TPSA) is 58.7 Å². The second-order valence-electron chi connectivity index (χ2n) is 6.35. The Morgan fingerprint density at radius 3 is 2.87 bits per heavy atom. The summed E-state index contributed by atoms with van der Waals surface area (Å²) in [6, 6.07) is 2.42. The first kappa shape index (κ1) is 15.2. The van der Waals surface area contributed by atoms with Crippen molar-refractivity contribution in [3.8, 4) is 6.07 Å². The number of nitriles is 1. The zero-order chi connectivity index (χ0) is 15.8. The fourth-order valence-electron chi connectivity index (χ4n) is 3.90. The summed E-state index contributed by atoms with van der Waals surface area (Å²) in [6.07, 6.45) is 8.99. The van der Waals surface area contributed by atoms with E-state index in [9.17, 15) is 4.79 Å². The van der Waals surface area contributed by atoms with Crippen LogP contribution in [0.1, 0.15) is 55.0 Å². The predicted molar refractivity (Wildman–Crippen MR) is 94.4 cm³/mol. The van der Waals surface area contributed by atoms with Crippen molar-refractivity contribution in [1.82, 2.24) is 9.55 Å². The molecule has 2 aromatic rings. The van der Waals surface area contributed by atoms with Crippen LogP contribution in [0.3, 0.4) is 0 Å². The number of thioether (sulfide) groups is 1. The highest BCUT2D eigenvalue weighted by Crippen LogP contribution is 2.37. The van der Waals surface area contributed by atoms with Gasteiger partial charge >= 0.3 is 0 Å². The second kappa shape index (κ2) is 6.29. The Morgan fingerprint density at radius 1 is 1.26 bits per heavy atom. The first-order valence-corrected chi connectivity index (χ1v) is 10.2. The minimum atomic E-state index is 0.140. The Hall–Kier alpha value is -1.32. The van der Waals surface area contributed by atoms with E-state index in [1.807, 2.05) is 4.57 Å². The van der Waals surface area contributed by atoms with Crippen LogP contribution < -0.4 is 5.56 Å². The molecule has 0 bridgehead atoms. The molecule has 0 spiro atoms. The Morgan fingerprint density at radius 2 is 2.09 bits per heavy atom. The number of hydrogen-bond donors (Lipinski definition) is 0. The molecule has 2 aromatic heterocycles. The van der Waals surface area contributed by atoms with Gasteiger partial charge in [-0.25, -0.2) is 4.98 Å². The van der Waals surface area contributed by atoms with Crippen molar-refractivity contribution < 1.29 is 0 Å². The molecule has 0 aliphatic heterocycles. The molecular formula is C17H19N3OS2. The van der Waals surface area contributed by atoms with Gasteiger partial charge in [0, 0.05) is 10.9 Å². The maximum Gasteiger partial charge on any atom is 0.263 e. The third-order valence-electron chi connectivity index (χ3n) is 4.94. The van der Waals surface area contributed by atoms with Crippen molar-refractivity contribution in [3.63, 3.8) is 0 Å². The second-order valence-corrected chi connectivity index (χ2v) is 8.37. The fourth-order valence-corrected chi connectivity index (χ4v) is 5.93. The van der Waals surface area contributed by atoms with E-state index in [0.29, 0.717) is 5.75 Å². The molecule has 6 heteroatoms. The smallest absolute Gasteiger partial charge is 0.263 e. The number of fused-ring (bicyclic) bond motifs is 3. The van der Waals surface area contributed by atoms with Crippen LogP contribution in [-0.2, 0) is 12.8 Å². The molecule has 120 valence electrons. The number of thiophene rings is 1. The average Bonchev–Trinajstić information content (AvgIpc) is 3.14.